The van der Waals surface area contributed by atoms with Crippen molar-refractivity contribution in [1.82, 2.24) is 9.88 Å². The van der Waals surface area contributed by atoms with Gasteiger partial charge in [-0.05, 0) is 37.8 Å². The molecule has 3 N–H and O–H groups in total. The zero-order valence-corrected chi connectivity index (χ0v) is 12.4. The van der Waals surface area contributed by atoms with Crippen molar-refractivity contribution in [3.63, 3.8) is 0 Å². The van der Waals surface area contributed by atoms with Gasteiger partial charge in [0.25, 0.3) is 11.5 Å². The molecule has 0 radical (unpaired) electrons. The standard InChI is InChI=1S/C15H23N3O2/c1-4-5-11-7-18(8-12(11)16)15(20)13-9(2)6-10(3)17-14(13)19/h6,11-12H,4-5,7-8,16H2,1-3H3,(H,17,19)/t11-,12-/m0/s1. The van der Waals surface area contributed by atoms with Crippen LogP contribution in [0, 0.1) is 19.8 Å². The smallest absolute Gasteiger partial charge is 0.261 e. The van der Waals surface area contributed by atoms with Gasteiger partial charge in [0.05, 0.1) is 0 Å². The van der Waals surface area contributed by atoms with Gasteiger partial charge in [-0.15, -0.1) is 0 Å². The van der Waals surface area contributed by atoms with Crippen molar-refractivity contribution >= 4 is 5.91 Å². The maximum absolute atomic E-state index is 12.5. The lowest BCUT2D eigenvalue weighted by molar-refractivity contribution is 0.0783. The third-order valence-electron chi connectivity index (χ3n) is 4.02. The molecule has 2 atom stereocenters. The number of carbonyl (C=O) groups is 1. The lowest BCUT2D eigenvalue weighted by Crippen LogP contribution is -2.36. The molecule has 1 amide bonds. The van der Waals surface area contributed by atoms with Gasteiger partial charge in [-0.3, -0.25) is 9.59 Å². The van der Waals surface area contributed by atoms with Crippen LogP contribution in [0.25, 0.3) is 0 Å². The summed E-state index contributed by atoms with van der Waals surface area (Å²) in [4.78, 5) is 29.0. The second-order valence-electron chi connectivity index (χ2n) is 5.76. The normalized spacial score (nSPS) is 22.3. The fraction of sp³-hybridized carbons (Fsp3) is 0.600. The highest BCUT2D eigenvalue weighted by molar-refractivity contribution is 5.95. The Morgan fingerprint density at radius 3 is 2.75 bits per heavy atom. The lowest BCUT2D eigenvalue weighted by atomic mass is 9.99. The highest BCUT2D eigenvalue weighted by Gasteiger charge is 2.33. The van der Waals surface area contributed by atoms with E-state index in [0.29, 0.717) is 19.0 Å². The van der Waals surface area contributed by atoms with Gasteiger partial charge in [0.15, 0.2) is 0 Å². The summed E-state index contributed by atoms with van der Waals surface area (Å²) in [5.74, 6) is 0.145. The van der Waals surface area contributed by atoms with Crippen LogP contribution < -0.4 is 11.3 Å². The molecule has 1 aliphatic heterocycles. The molecule has 0 aliphatic carbocycles. The third-order valence-corrected chi connectivity index (χ3v) is 4.02. The summed E-state index contributed by atoms with van der Waals surface area (Å²) in [5.41, 5.74) is 7.53. The minimum absolute atomic E-state index is 0.0173. The van der Waals surface area contributed by atoms with Crippen LogP contribution in [0.15, 0.2) is 10.9 Å². The minimum atomic E-state index is -0.306. The van der Waals surface area contributed by atoms with Gasteiger partial charge in [0, 0.05) is 24.8 Å². The molecule has 1 saturated heterocycles. The van der Waals surface area contributed by atoms with E-state index in [1.54, 1.807) is 11.8 Å². The molecule has 1 aromatic heterocycles. The zero-order chi connectivity index (χ0) is 14.9. The van der Waals surface area contributed by atoms with Crippen molar-refractivity contribution in [3.05, 3.63) is 33.2 Å². The number of likely N-dealkylation sites (tertiary alicyclic amines) is 1. The number of aromatic nitrogens is 1. The maximum atomic E-state index is 12.5. The van der Waals surface area contributed by atoms with Crippen molar-refractivity contribution < 1.29 is 4.79 Å². The Morgan fingerprint density at radius 1 is 1.45 bits per heavy atom. The molecule has 0 unspecified atom stereocenters. The molecule has 1 aliphatic rings. The number of nitrogens with one attached hydrogen (secondary N) is 1. The Balaban J connectivity index is 2.23. The molecule has 20 heavy (non-hydrogen) atoms. The van der Waals surface area contributed by atoms with E-state index in [1.807, 2.05) is 13.0 Å². The Hall–Kier alpha value is -1.62. The van der Waals surface area contributed by atoms with E-state index in [1.165, 1.54) is 0 Å². The first-order valence-corrected chi connectivity index (χ1v) is 7.19. The number of carbonyl (C=O) groups excluding carboxylic acids is 1. The van der Waals surface area contributed by atoms with E-state index >= 15 is 0 Å². The summed E-state index contributed by atoms with van der Waals surface area (Å²) in [6.45, 7) is 6.92. The van der Waals surface area contributed by atoms with E-state index < -0.39 is 0 Å². The topological polar surface area (TPSA) is 79.2 Å². The summed E-state index contributed by atoms with van der Waals surface area (Å²) in [6.07, 6.45) is 2.08. The molecule has 2 heterocycles. The third kappa shape index (κ3) is 2.77. The van der Waals surface area contributed by atoms with E-state index in [9.17, 15) is 9.59 Å². The molecule has 5 heteroatoms. The van der Waals surface area contributed by atoms with Gasteiger partial charge in [-0.25, -0.2) is 0 Å². The molecular weight excluding hydrogens is 254 g/mol. The van der Waals surface area contributed by atoms with Crippen LogP contribution in [-0.2, 0) is 0 Å². The van der Waals surface area contributed by atoms with E-state index in [4.69, 9.17) is 5.73 Å². The number of hydrogen-bond donors (Lipinski definition) is 2. The number of H-pyrrole nitrogens is 1. The second-order valence-corrected chi connectivity index (χ2v) is 5.76. The highest BCUT2D eigenvalue weighted by atomic mass is 16.2. The van der Waals surface area contributed by atoms with Crippen LogP contribution in [0.2, 0.25) is 0 Å². The SMILES string of the molecule is CCC[C@H]1CN(C(=O)c2c(C)cc(C)[nH]c2=O)C[C@@H]1N. The predicted octanol–water partition coefficient (Wildman–Crippen LogP) is 1.19. The molecule has 1 aromatic rings. The predicted molar refractivity (Wildman–Crippen MR) is 78.8 cm³/mol. The minimum Gasteiger partial charge on any atom is -0.337 e. The van der Waals surface area contributed by atoms with Crippen LogP contribution >= 0.6 is 0 Å². The quantitative estimate of drug-likeness (QED) is 0.871. The molecule has 0 bridgehead atoms. The van der Waals surface area contributed by atoms with Crippen LogP contribution in [0.5, 0.6) is 0 Å². The van der Waals surface area contributed by atoms with Gasteiger partial charge in [0.1, 0.15) is 5.56 Å². The molecule has 0 spiro atoms. The number of amides is 1. The Kier molecular flexibility index (Phi) is 4.28. The van der Waals surface area contributed by atoms with E-state index in [2.05, 4.69) is 11.9 Å². The first kappa shape index (κ1) is 14.8. The van der Waals surface area contributed by atoms with Crippen molar-refractivity contribution in [2.45, 2.75) is 39.7 Å². The summed E-state index contributed by atoms with van der Waals surface area (Å²) < 4.78 is 0. The number of rotatable bonds is 3. The van der Waals surface area contributed by atoms with Crippen LogP contribution in [0.1, 0.15) is 41.4 Å². The number of nitrogens with two attached hydrogens (primary N) is 1. The monoisotopic (exact) mass is 277 g/mol. The van der Waals surface area contributed by atoms with E-state index in [0.717, 1.165) is 24.1 Å². The molecule has 0 aromatic carbocycles. The summed E-state index contributed by atoms with van der Waals surface area (Å²) in [6, 6.07) is 1.84. The van der Waals surface area contributed by atoms with Crippen molar-refractivity contribution in [1.29, 1.82) is 0 Å². The number of pyridine rings is 1. The Morgan fingerprint density at radius 2 is 2.15 bits per heavy atom. The maximum Gasteiger partial charge on any atom is 0.261 e. The largest absolute Gasteiger partial charge is 0.337 e. The molecule has 2 rings (SSSR count). The van der Waals surface area contributed by atoms with Gasteiger partial charge in [0.2, 0.25) is 0 Å². The number of nitrogens with zero attached hydrogens (tertiary/aromatic N) is 1. The Labute approximate surface area is 119 Å². The van der Waals surface area contributed by atoms with Gasteiger partial charge in [-0.2, -0.15) is 0 Å². The molecular formula is C15H23N3O2. The summed E-state index contributed by atoms with van der Waals surface area (Å²) in [7, 11) is 0. The lowest BCUT2D eigenvalue weighted by Gasteiger charge is -2.17. The van der Waals surface area contributed by atoms with Crippen molar-refractivity contribution in [2.24, 2.45) is 11.7 Å². The molecule has 0 saturated carbocycles. The van der Waals surface area contributed by atoms with Crippen molar-refractivity contribution in [2.75, 3.05) is 13.1 Å². The fourth-order valence-corrected chi connectivity index (χ4v) is 3.02. The summed E-state index contributed by atoms with van der Waals surface area (Å²) >= 11 is 0. The van der Waals surface area contributed by atoms with E-state index in [-0.39, 0.29) is 23.1 Å². The number of hydrogen-bond acceptors (Lipinski definition) is 3. The fourth-order valence-electron chi connectivity index (χ4n) is 3.02. The number of aromatic amines is 1. The molecule has 110 valence electrons. The molecule has 1 fully saturated rings. The van der Waals surface area contributed by atoms with Gasteiger partial charge >= 0.3 is 0 Å². The van der Waals surface area contributed by atoms with Crippen LogP contribution in [0.4, 0.5) is 0 Å². The van der Waals surface area contributed by atoms with Crippen LogP contribution in [0.3, 0.4) is 0 Å². The zero-order valence-electron chi connectivity index (χ0n) is 12.4. The first-order valence-electron chi connectivity index (χ1n) is 7.19. The second kappa shape index (κ2) is 5.79. The van der Waals surface area contributed by atoms with Gasteiger partial charge in [-0.1, -0.05) is 13.3 Å². The average Bonchev–Trinajstić information content (AvgIpc) is 2.70. The number of aryl methyl sites for hydroxylation is 2. The van der Waals surface area contributed by atoms with Gasteiger partial charge < -0.3 is 15.6 Å². The highest BCUT2D eigenvalue weighted by Crippen LogP contribution is 2.22. The van der Waals surface area contributed by atoms with Crippen LogP contribution in [-0.4, -0.2) is 34.9 Å². The average molecular weight is 277 g/mol. The molecule has 5 nitrogen and oxygen atoms in total. The van der Waals surface area contributed by atoms with Crippen molar-refractivity contribution in [3.8, 4) is 0 Å². The Bertz CT molecular complexity index is 565. The summed E-state index contributed by atoms with van der Waals surface area (Å²) in [5, 5.41) is 0. The first-order chi connectivity index (χ1) is 9.43.